The summed E-state index contributed by atoms with van der Waals surface area (Å²) in [6, 6.07) is 0. The van der Waals surface area contributed by atoms with Crippen molar-refractivity contribution in [3.63, 3.8) is 0 Å². The number of ether oxygens (including phenoxy) is 2. The monoisotopic (exact) mass is 945 g/mol. The summed E-state index contributed by atoms with van der Waals surface area (Å²) in [6.45, 7) is 3.28. The van der Waals surface area contributed by atoms with E-state index in [4.69, 9.17) is 18.5 Å². The van der Waals surface area contributed by atoms with E-state index in [1.807, 2.05) is 0 Å². The fourth-order valence-corrected chi connectivity index (χ4v) is 8.76. The molecule has 0 aromatic rings. The number of carbonyl (C=O) groups excluding carboxylic acids is 2. The largest absolute Gasteiger partial charge is 0.472 e. The van der Waals surface area contributed by atoms with Gasteiger partial charge in [-0.2, -0.15) is 0 Å². The van der Waals surface area contributed by atoms with E-state index in [1.54, 1.807) is 0 Å². The summed E-state index contributed by atoms with van der Waals surface area (Å²) in [5.74, 6) is -1.13. The zero-order valence-corrected chi connectivity index (χ0v) is 41.4. The number of allylic oxidation sites excluding steroid dienone is 6. The van der Waals surface area contributed by atoms with Gasteiger partial charge in [0.25, 0.3) is 0 Å². The minimum atomic E-state index is -5.13. The fourth-order valence-electron chi connectivity index (χ4n) is 7.78. The van der Waals surface area contributed by atoms with E-state index >= 15 is 0 Å². The van der Waals surface area contributed by atoms with Gasteiger partial charge >= 0.3 is 19.8 Å². The van der Waals surface area contributed by atoms with E-state index in [9.17, 15) is 44.6 Å². The van der Waals surface area contributed by atoms with Crippen LogP contribution in [0.2, 0.25) is 0 Å². The van der Waals surface area contributed by atoms with Crippen molar-refractivity contribution in [2.24, 2.45) is 0 Å². The highest BCUT2D eigenvalue weighted by atomic mass is 31.2. The summed E-state index contributed by atoms with van der Waals surface area (Å²) in [6.07, 6.45) is 34.8. The van der Waals surface area contributed by atoms with Gasteiger partial charge in [-0.1, -0.05) is 172 Å². The Morgan fingerprint density at radius 2 is 0.831 bits per heavy atom. The van der Waals surface area contributed by atoms with E-state index in [0.29, 0.717) is 12.8 Å². The molecule has 0 heterocycles. The molecule has 0 aromatic heterocycles. The standard InChI is InChI=1S/C51H93O13P/c1-3-5-7-9-11-13-15-17-19-20-21-22-23-24-26-28-30-32-34-36-38-40-45(53)63-43(42-62-65(59,60)64-51-49(57)47(55)46(54)48(56)50(51)58)41-61-44(52)39-37-35-33-31-29-27-25-18-16-14-12-10-8-6-4-2/h17-19,25,29,31,43,46-51,54-58H,3-16,20-24,26-28,30,32-42H2,1-2H3,(H,59,60)/b19-17+,25-18+,31-29+/t43-,46?,47-,48?,49?,50?,51?/m1/s1. The highest BCUT2D eigenvalue weighted by Gasteiger charge is 2.51. The van der Waals surface area contributed by atoms with Crippen molar-refractivity contribution >= 4 is 19.8 Å². The van der Waals surface area contributed by atoms with E-state index in [2.05, 4.69) is 50.3 Å². The second-order valence-electron chi connectivity index (χ2n) is 18.0. The molecule has 1 fully saturated rings. The van der Waals surface area contributed by atoms with Crippen molar-refractivity contribution in [2.75, 3.05) is 13.2 Å². The van der Waals surface area contributed by atoms with Gasteiger partial charge in [-0.25, -0.2) is 4.57 Å². The predicted octanol–water partition coefficient (Wildman–Crippen LogP) is 11.0. The van der Waals surface area contributed by atoms with Crippen LogP contribution in [0.3, 0.4) is 0 Å². The van der Waals surface area contributed by atoms with Crippen LogP contribution in [0.1, 0.15) is 219 Å². The maximum absolute atomic E-state index is 12.8. The SMILES string of the molecule is CCCCCCCC/C=C/C/C=C/CCCCC(=O)OC[C@H](COP(=O)(O)OC1C(O)C(O)C(O)[C@@H](O)C1O)OC(=O)CCCCCCCCCCCCC/C=C/CCCCCCCC. The first kappa shape index (κ1) is 61.1. The number of rotatable bonds is 43. The molecular formula is C51H93O13P. The van der Waals surface area contributed by atoms with Crippen LogP contribution < -0.4 is 0 Å². The topological polar surface area (TPSA) is 210 Å². The summed E-state index contributed by atoms with van der Waals surface area (Å²) >= 11 is 0. The molecule has 65 heavy (non-hydrogen) atoms. The number of carbonyl (C=O) groups is 2. The minimum absolute atomic E-state index is 0.0902. The van der Waals surface area contributed by atoms with Crippen LogP contribution in [-0.2, 0) is 32.7 Å². The van der Waals surface area contributed by atoms with Crippen LogP contribution >= 0.6 is 7.82 Å². The molecule has 0 radical (unpaired) electrons. The molecule has 0 bridgehead atoms. The maximum atomic E-state index is 12.8. The molecule has 6 unspecified atom stereocenters. The lowest BCUT2D eigenvalue weighted by molar-refractivity contribution is -0.220. The quantitative estimate of drug-likeness (QED) is 0.0146. The van der Waals surface area contributed by atoms with Crippen LogP contribution in [0, 0.1) is 0 Å². The fraction of sp³-hybridized carbons (Fsp3) is 0.843. The van der Waals surface area contributed by atoms with Crippen molar-refractivity contribution in [1.29, 1.82) is 0 Å². The molecule has 13 nitrogen and oxygen atoms in total. The number of unbranched alkanes of at least 4 members (excludes halogenated alkanes) is 25. The number of phosphoric acid groups is 1. The molecule has 1 rings (SSSR count). The van der Waals surface area contributed by atoms with Crippen molar-refractivity contribution in [2.45, 2.75) is 262 Å². The normalized spacial score (nSPS) is 21.7. The lowest BCUT2D eigenvalue weighted by atomic mass is 9.85. The second kappa shape index (κ2) is 41.1. The van der Waals surface area contributed by atoms with Crippen LogP contribution in [0.4, 0.5) is 0 Å². The summed E-state index contributed by atoms with van der Waals surface area (Å²) in [5, 5.41) is 50.2. The predicted molar refractivity (Wildman–Crippen MR) is 258 cm³/mol. The van der Waals surface area contributed by atoms with E-state index in [-0.39, 0.29) is 12.8 Å². The van der Waals surface area contributed by atoms with Gasteiger partial charge in [0.2, 0.25) is 0 Å². The Hall–Kier alpha value is -1.93. The molecule has 0 saturated heterocycles. The van der Waals surface area contributed by atoms with Crippen molar-refractivity contribution in [3.05, 3.63) is 36.5 Å². The summed E-state index contributed by atoms with van der Waals surface area (Å²) in [7, 11) is -5.13. The van der Waals surface area contributed by atoms with Crippen molar-refractivity contribution in [1.82, 2.24) is 0 Å². The van der Waals surface area contributed by atoms with Gasteiger partial charge in [-0.3, -0.25) is 18.6 Å². The van der Waals surface area contributed by atoms with Gasteiger partial charge in [-0.15, -0.1) is 0 Å². The maximum Gasteiger partial charge on any atom is 0.472 e. The zero-order chi connectivity index (χ0) is 47.8. The Balaban J connectivity index is 2.40. The van der Waals surface area contributed by atoms with Gasteiger partial charge < -0.3 is 39.9 Å². The third kappa shape index (κ3) is 33.3. The Morgan fingerprint density at radius 1 is 0.477 bits per heavy atom. The van der Waals surface area contributed by atoms with E-state index in [0.717, 1.165) is 51.4 Å². The van der Waals surface area contributed by atoms with Gasteiger partial charge in [0.05, 0.1) is 6.61 Å². The molecule has 0 spiro atoms. The first-order chi connectivity index (χ1) is 31.4. The van der Waals surface area contributed by atoms with Crippen molar-refractivity contribution in [3.8, 4) is 0 Å². The molecular weight excluding hydrogens is 852 g/mol. The molecule has 0 aromatic carbocycles. The molecule has 380 valence electrons. The van der Waals surface area contributed by atoms with Gasteiger partial charge in [0, 0.05) is 12.8 Å². The van der Waals surface area contributed by atoms with Crippen LogP contribution in [-0.4, -0.2) is 98.3 Å². The van der Waals surface area contributed by atoms with Crippen LogP contribution in [0.5, 0.6) is 0 Å². The number of esters is 2. The molecule has 6 N–H and O–H groups in total. The molecule has 8 atom stereocenters. The smallest absolute Gasteiger partial charge is 0.462 e. The lowest BCUT2D eigenvalue weighted by Crippen LogP contribution is -2.64. The summed E-state index contributed by atoms with van der Waals surface area (Å²) < 4.78 is 33.6. The van der Waals surface area contributed by atoms with Gasteiger partial charge in [0.1, 0.15) is 43.2 Å². The van der Waals surface area contributed by atoms with E-state index < -0.39 is 75.7 Å². The molecule has 0 amide bonds. The molecule has 1 saturated carbocycles. The first-order valence-corrected chi connectivity index (χ1v) is 27.3. The Morgan fingerprint density at radius 3 is 1.29 bits per heavy atom. The van der Waals surface area contributed by atoms with Gasteiger partial charge in [-0.05, 0) is 70.6 Å². The van der Waals surface area contributed by atoms with E-state index in [1.165, 1.54) is 128 Å². The molecule has 1 aliphatic rings. The number of hydrogen-bond donors (Lipinski definition) is 6. The van der Waals surface area contributed by atoms with Crippen LogP contribution in [0.25, 0.3) is 0 Å². The van der Waals surface area contributed by atoms with Crippen molar-refractivity contribution < 1.29 is 63.1 Å². The Kier molecular flexibility index (Phi) is 38.6. The lowest BCUT2D eigenvalue weighted by Gasteiger charge is -2.41. The number of phosphoric ester groups is 1. The average Bonchev–Trinajstić information content (AvgIpc) is 3.29. The average molecular weight is 945 g/mol. The minimum Gasteiger partial charge on any atom is -0.462 e. The zero-order valence-electron chi connectivity index (χ0n) is 40.5. The highest BCUT2D eigenvalue weighted by molar-refractivity contribution is 7.47. The number of aliphatic hydroxyl groups excluding tert-OH is 5. The molecule has 1 aliphatic carbocycles. The molecule has 0 aliphatic heterocycles. The summed E-state index contributed by atoms with van der Waals surface area (Å²) in [5.41, 5.74) is 0. The molecule has 14 heteroatoms. The Labute approximate surface area is 393 Å². The number of hydrogen-bond acceptors (Lipinski definition) is 12. The second-order valence-corrected chi connectivity index (χ2v) is 19.4. The summed E-state index contributed by atoms with van der Waals surface area (Å²) in [4.78, 5) is 35.8. The van der Waals surface area contributed by atoms with Crippen LogP contribution in [0.15, 0.2) is 36.5 Å². The Bertz CT molecular complexity index is 1280. The highest BCUT2D eigenvalue weighted by Crippen LogP contribution is 2.47. The first-order valence-electron chi connectivity index (χ1n) is 25.8. The van der Waals surface area contributed by atoms with Gasteiger partial charge in [0.15, 0.2) is 6.10 Å². The number of aliphatic hydroxyl groups is 5. The third-order valence-electron chi connectivity index (χ3n) is 12.0. The third-order valence-corrected chi connectivity index (χ3v) is 12.9.